The van der Waals surface area contributed by atoms with Gasteiger partial charge in [-0.3, -0.25) is 19.5 Å². The second kappa shape index (κ2) is 15.3. The molecular weight excluding hydrogens is 701 g/mol. The Morgan fingerprint density at radius 3 is 1.96 bits per heavy atom. The summed E-state index contributed by atoms with van der Waals surface area (Å²) in [6.07, 6.45) is 19.5. The third-order valence-corrected chi connectivity index (χ3v) is 11.8. The second-order valence-electron chi connectivity index (χ2n) is 14.7. The van der Waals surface area contributed by atoms with Gasteiger partial charge in [0.15, 0.2) is 22.3 Å². The van der Waals surface area contributed by atoms with E-state index in [-0.39, 0.29) is 5.91 Å². The highest BCUT2D eigenvalue weighted by Crippen LogP contribution is 2.43. The zero-order chi connectivity index (χ0) is 36.4. The summed E-state index contributed by atoms with van der Waals surface area (Å²) >= 11 is 0. The van der Waals surface area contributed by atoms with Crippen molar-refractivity contribution in [3.8, 4) is 0 Å². The van der Waals surface area contributed by atoms with Crippen molar-refractivity contribution in [2.45, 2.75) is 79.9 Å². The first-order valence-electron chi connectivity index (χ1n) is 19.1. The van der Waals surface area contributed by atoms with Crippen LogP contribution in [0.1, 0.15) is 108 Å². The van der Waals surface area contributed by atoms with Crippen molar-refractivity contribution in [3.05, 3.63) is 102 Å². The lowest BCUT2D eigenvalue weighted by Gasteiger charge is -2.23. The Morgan fingerprint density at radius 2 is 1.35 bits per heavy atom. The lowest BCUT2D eigenvalue weighted by Crippen LogP contribution is -2.29. The Balaban J connectivity index is 0.000000142. The molecule has 1 amide bonds. The molecule has 15 heteroatoms. The predicted octanol–water partition coefficient (Wildman–Crippen LogP) is 5.32. The molecule has 4 fully saturated rings. The van der Waals surface area contributed by atoms with E-state index in [0.717, 1.165) is 80.4 Å². The summed E-state index contributed by atoms with van der Waals surface area (Å²) in [6.45, 7) is 4.00. The van der Waals surface area contributed by atoms with Gasteiger partial charge in [-0.25, -0.2) is 14.2 Å². The van der Waals surface area contributed by atoms with Crippen LogP contribution in [0.5, 0.6) is 0 Å². The number of amides is 1. The average molecular weight is 745 g/mol. The highest BCUT2D eigenvalue weighted by molar-refractivity contribution is 7.86. The molecule has 2 saturated carbocycles. The van der Waals surface area contributed by atoms with Gasteiger partial charge in [0.1, 0.15) is 11.6 Å². The number of nitrogens with one attached hydrogen (secondary N) is 4. The van der Waals surface area contributed by atoms with E-state index in [2.05, 4.69) is 40.8 Å². The molecule has 6 aromatic heterocycles. The van der Waals surface area contributed by atoms with Crippen LogP contribution in [0.3, 0.4) is 0 Å². The Hall–Kier alpha value is -5.12. The van der Waals surface area contributed by atoms with Gasteiger partial charge in [0.05, 0.1) is 28.5 Å². The fourth-order valence-electron chi connectivity index (χ4n) is 7.46. The van der Waals surface area contributed by atoms with E-state index >= 15 is 0 Å². The van der Waals surface area contributed by atoms with Crippen LogP contribution in [-0.2, 0) is 11.0 Å². The standard InChI is InChI=1S/C20H22N6O.C19H22N6OS/c27-20(15-4-2-8-22-11-15)25-18-9-17(14-3-1-7-21-10-14)24-19-16(13-5-6-13)12-23-26(18)19;26-27(15-2-1-7-21-11-15)24-18-10-17(14-5-8-20-9-6-14)23-19-16(13-3-4-13)12-22-25(18)19/h2,4,8-9,11-14,21H,1,3,5-7,10H2,(H,25,27);1-2,7,10-14,20,24H,3-6,8-9H2. The molecule has 10 rings (SSSR count). The molecule has 2 aliphatic carbocycles. The topological polar surface area (TPSA) is 168 Å². The molecule has 0 spiro atoms. The highest BCUT2D eigenvalue weighted by atomic mass is 32.2. The van der Waals surface area contributed by atoms with Crippen molar-refractivity contribution < 1.29 is 9.00 Å². The Morgan fingerprint density at radius 1 is 0.704 bits per heavy atom. The van der Waals surface area contributed by atoms with Crippen molar-refractivity contribution in [1.82, 2.24) is 49.8 Å². The minimum absolute atomic E-state index is 0.188. The quantitative estimate of drug-likeness (QED) is 0.152. The molecule has 0 radical (unpaired) electrons. The predicted molar refractivity (Wildman–Crippen MR) is 206 cm³/mol. The molecule has 54 heavy (non-hydrogen) atoms. The van der Waals surface area contributed by atoms with Crippen LogP contribution < -0.4 is 20.7 Å². The number of nitrogens with zero attached hydrogens (tertiary/aromatic N) is 8. The Kier molecular flexibility index (Phi) is 9.83. The number of anilines is 2. The highest BCUT2D eigenvalue weighted by Gasteiger charge is 2.31. The number of hydrogen-bond donors (Lipinski definition) is 4. The molecule has 2 unspecified atom stereocenters. The molecule has 4 N–H and O–H groups in total. The number of carbonyl (C=O) groups is 1. The van der Waals surface area contributed by atoms with Crippen LogP contribution in [0.25, 0.3) is 11.3 Å². The molecule has 0 aromatic carbocycles. The molecule has 2 atom stereocenters. The first-order chi connectivity index (χ1) is 26.6. The van der Waals surface area contributed by atoms with Crippen molar-refractivity contribution in [2.75, 3.05) is 36.2 Å². The lowest BCUT2D eigenvalue weighted by atomic mass is 9.94. The summed E-state index contributed by atoms with van der Waals surface area (Å²) < 4.78 is 19.5. The van der Waals surface area contributed by atoms with E-state index in [4.69, 9.17) is 9.97 Å². The first kappa shape index (κ1) is 34.6. The molecule has 2 aliphatic heterocycles. The van der Waals surface area contributed by atoms with Crippen molar-refractivity contribution in [2.24, 2.45) is 0 Å². The van der Waals surface area contributed by atoms with E-state index < -0.39 is 11.0 Å². The zero-order valence-corrected chi connectivity index (χ0v) is 30.8. The van der Waals surface area contributed by atoms with Crippen LogP contribution in [-0.4, -0.2) is 75.5 Å². The van der Waals surface area contributed by atoms with Gasteiger partial charge in [-0.05, 0) is 107 Å². The number of aromatic nitrogens is 8. The molecular formula is C39H44N12O2S. The summed E-state index contributed by atoms with van der Waals surface area (Å²) in [4.78, 5) is 31.3. The van der Waals surface area contributed by atoms with Crippen LogP contribution in [0.4, 0.5) is 11.6 Å². The van der Waals surface area contributed by atoms with E-state index in [1.54, 1.807) is 58.1 Å². The summed E-state index contributed by atoms with van der Waals surface area (Å²) in [5.41, 5.74) is 6.80. The van der Waals surface area contributed by atoms with Crippen molar-refractivity contribution >= 4 is 39.8 Å². The van der Waals surface area contributed by atoms with Gasteiger partial charge in [-0.2, -0.15) is 19.2 Å². The fourth-order valence-corrected chi connectivity index (χ4v) is 8.27. The molecule has 2 saturated heterocycles. The largest absolute Gasteiger partial charge is 0.317 e. The maximum Gasteiger partial charge on any atom is 0.258 e. The van der Waals surface area contributed by atoms with E-state index in [0.29, 0.717) is 39.9 Å². The summed E-state index contributed by atoms with van der Waals surface area (Å²) in [5, 5.41) is 18.9. The number of rotatable bonds is 9. The zero-order valence-electron chi connectivity index (χ0n) is 30.0. The molecule has 0 bridgehead atoms. The van der Waals surface area contributed by atoms with Gasteiger partial charge in [-0.1, -0.05) is 0 Å². The molecule has 8 heterocycles. The molecule has 6 aromatic rings. The minimum atomic E-state index is -1.40. The smallest absolute Gasteiger partial charge is 0.258 e. The normalized spacial score (nSPS) is 19.6. The SMILES string of the molecule is O=C(Nc1cc(C2CCCNC2)nc2c(C3CC3)cnn12)c1cccnc1.O=S(Nc1cc(C2CCNCC2)nc2c(C3CC3)cnn12)c1cccnc1. The van der Waals surface area contributed by atoms with Gasteiger partial charge in [0, 0.05) is 72.1 Å². The van der Waals surface area contributed by atoms with E-state index in [9.17, 15) is 9.00 Å². The maximum absolute atomic E-state index is 12.8. The first-order valence-corrected chi connectivity index (χ1v) is 20.2. The lowest BCUT2D eigenvalue weighted by molar-refractivity contribution is 0.102. The monoisotopic (exact) mass is 744 g/mol. The van der Waals surface area contributed by atoms with E-state index in [1.807, 2.05) is 24.5 Å². The van der Waals surface area contributed by atoms with Crippen LogP contribution >= 0.6 is 0 Å². The summed E-state index contributed by atoms with van der Waals surface area (Å²) in [5.74, 6) is 3.10. The number of pyridine rings is 2. The van der Waals surface area contributed by atoms with Gasteiger partial charge in [0.25, 0.3) is 5.91 Å². The fraction of sp³-hybridized carbons (Fsp3) is 0.410. The van der Waals surface area contributed by atoms with Gasteiger partial charge in [0.2, 0.25) is 0 Å². The molecule has 4 aliphatic rings. The van der Waals surface area contributed by atoms with Crippen molar-refractivity contribution in [1.29, 1.82) is 0 Å². The Labute approximate surface area is 315 Å². The number of piperidine rings is 2. The average Bonchev–Trinajstić information content (AvgIpc) is 4.17. The third-order valence-electron chi connectivity index (χ3n) is 10.8. The van der Waals surface area contributed by atoms with Crippen LogP contribution in [0.15, 0.2) is 78.5 Å². The third kappa shape index (κ3) is 7.48. The number of hydrogen-bond acceptors (Lipinski definition) is 10. The summed E-state index contributed by atoms with van der Waals surface area (Å²) in [6, 6.07) is 11.1. The number of carbonyl (C=O) groups excluding carboxylic acids is 1. The van der Waals surface area contributed by atoms with E-state index in [1.165, 1.54) is 36.8 Å². The molecule has 14 nitrogen and oxygen atoms in total. The minimum Gasteiger partial charge on any atom is -0.317 e. The van der Waals surface area contributed by atoms with Crippen LogP contribution in [0.2, 0.25) is 0 Å². The van der Waals surface area contributed by atoms with Gasteiger partial charge in [-0.15, -0.1) is 0 Å². The van der Waals surface area contributed by atoms with Gasteiger partial charge < -0.3 is 16.0 Å². The van der Waals surface area contributed by atoms with Crippen LogP contribution in [0, 0.1) is 0 Å². The molecule has 278 valence electrons. The number of fused-ring (bicyclic) bond motifs is 2. The Bertz CT molecular complexity index is 2110. The maximum atomic E-state index is 12.8. The van der Waals surface area contributed by atoms with Crippen molar-refractivity contribution in [3.63, 3.8) is 0 Å². The van der Waals surface area contributed by atoms with Gasteiger partial charge >= 0.3 is 0 Å². The second-order valence-corrected chi connectivity index (χ2v) is 15.9. The summed E-state index contributed by atoms with van der Waals surface area (Å²) in [7, 11) is -1.40.